The fourth-order valence-corrected chi connectivity index (χ4v) is 1.21. The van der Waals surface area contributed by atoms with Crippen LogP contribution >= 0.6 is 0 Å². The highest BCUT2D eigenvalue weighted by Gasteiger charge is 2.12. The van der Waals surface area contributed by atoms with Gasteiger partial charge in [-0.05, 0) is 5.92 Å². The first-order chi connectivity index (χ1) is 7.97. The smallest absolute Gasteiger partial charge is 0.309 e. The van der Waals surface area contributed by atoms with Gasteiger partial charge in [0.05, 0.1) is 13.0 Å². The highest BCUT2D eigenvalue weighted by atomic mass is 16.5. The van der Waals surface area contributed by atoms with Gasteiger partial charge in [0.1, 0.15) is 0 Å². The lowest BCUT2D eigenvalue weighted by Crippen LogP contribution is -2.33. The van der Waals surface area contributed by atoms with Crippen molar-refractivity contribution >= 4 is 11.9 Å². The molecule has 0 heterocycles. The Labute approximate surface area is 103 Å². The number of esters is 1. The number of ether oxygens (including phenoxy) is 1. The minimum Gasteiger partial charge on any atom is -0.469 e. The molecule has 0 aliphatic rings. The molecule has 0 spiro atoms. The number of rotatable bonds is 8. The molecule has 1 unspecified atom stereocenters. The summed E-state index contributed by atoms with van der Waals surface area (Å²) in [6, 6.07) is 0. The predicted molar refractivity (Wildman–Crippen MR) is 66.5 cm³/mol. The molecule has 0 aromatic carbocycles. The van der Waals surface area contributed by atoms with E-state index in [4.69, 9.17) is 0 Å². The summed E-state index contributed by atoms with van der Waals surface area (Å²) < 4.78 is 4.60. The standard InChI is InChI=1S/C12H24N2O3/c1-9(2)7-14-11(15)5-6-13-8-10(3)12(16)17-4/h9-10,13H,5-8H2,1-4H3,(H,14,15). The first kappa shape index (κ1) is 15.9. The van der Waals surface area contributed by atoms with E-state index in [9.17, 15) is 9.59 Å². The Morgan fingerprint density at radius 2 is 1.82 bits per heavy atom. The van der Waals surface area contributed by atoms with Crippen LogP contribution in [0.4, 0.5) is 0 Å². The van der Waals surface area contributed by atoms with Crippen LogP contribution in [-0.2, 0) is 14.3 Å². The van der Waals surface area contributed by atoms with Crippen LogP contribution in [0.15, 0.2) is 0 Å². The van der Waals surface area contributed by atoms with E-state index in [0.717, 1.165) is 0 Å². The highest BCUT2D eigenvalue weighted by molar-refractivity contribution is 5.76. The van der Waals surface area contributed by atoms with Gasteiger partial charge in [-0.25, -0.2) is 0 Å². The molecule has 5 heteroatoms. The molecule has 2 N–H and O–H groups in total. The molecule has 0 aliphatic carbocycles. The van der Waals surface area contributed by atoms with Crippen LogP contribution in [0, 0.1) is 11.8 Å². The maximum absolute atomic E-state index is 11.3. The lowest BCUT2D eigenvalue weighted by atomic mass is 10.2. The third-order valence-corrected chi connectivity index (χ3v) is 2.29. The lowest BCUT2D eigenvalue weighted by molar-refractivity contribution is -0.144. The van der Waals surface area contributed by atoms with Crippen molar-refractivity contribution in [3.05, 3.63) is 0 Å². The summed E-state index contributed by atoms with van der Waals surface area (Å²) in [6.07, 6.45) is 0.431. The fraction of sp³-hybridized carbons (Fsp3) is 0.833. The van der Waals surface area contributed by atoms with Gasteiger partial charge in [-0.3, -0.25) is 9.59 Å². The summed E-state index contributed by atoms with van der Waals surface area (Å²) in [5.74, 6) is 0.0867. The number of methoxy groups -OCH3 is 1. The third kappa shape index (κ3) is 8.68. The molecule has 17 heavy (non-hydrogen) atoms. The van der Waals surface area contributed by atoms with Crippen molar-refractivity contribution in [3.8, 4) is 0 Å². The van der Waals surface area contributed by atoms with Crippen LogP contribution in [0.3, 0.4) is 0 Å². The largest absolute Gasteiger partial charge is 0.469 e. The fourth-order valence-electron chi connectivity index (χ4n) is 1.21. The summed E-state index contributed by atoms with van der Waals surface area (Å²) in [6.45, 7) is 7.71. The predicted octanol–water partition coefficient (Wildman–Crippen LogP) is 0.547. The molecule has 0 saturated heterocycles. The van der Waals surface area contributed by atoms with Crippen molar-refractivity contribution < 1.29 is 14.3 Å². The zero-order valence-electron chi connectivity index (χ0n) is 11.2. The van der Waals surface area contributed by atoms with Gasteiger partial charge in [-0.2, -0.15) is 0 Å². The van der Waals surface area contributed by atoms with Crippen molar-refractivity contribution in [2.45, 2.75) is 27.2 Å². The summed E-state index contributed by atoms with van der Waals surface area (Å²) in [5, 5.41) is 5.89. The van der Waals surface area contributed by atoms with Crippen LogP contribution in [-0.4, -0.2) is 38.6 Å². The molecule has 0 radical (unpaired) electrons. The number of hydrogen-bond acceptors (Lipinski definition) is 4. The first-order valence-electron chi connectivity index (χ1n) is 6.02. The molecule has 0 aliphatic heterocycles. The Hall–Kier alpha value is -1.10. The van der Waals surface area contributed by atoms with E-state index in [1.54, 1.807) is 6.92 Å². The van der Waals surface area contributed by atoms with Gasteiger partial charge in [0.25, 0.3) is 0 Å². The van der Waals surface area contributed by atoms with Gasteiger partial charge in [-0.1, -0.05) is 20.8 Å². The SMILES string of the molecule is COC(=O)C(C)CNCCC(=O)NCC(C)C. The molecule has 0 aromatic rings. The Morgan fingerprint density at radius 3 is 2.35 bits per heavy atom. The average Bonchev–Trinajstić information content (AvgIpc) is 2.30. The van der Waals surface area contributed by atoms with E-state index in [0.29, 0.717) is 32.0 Å². The van der Waals surface area contributed by atoms with Gasteiger partial charge >= 0.3 is 5.97 Å². The minimum absolute atomic E-state index is 0.0388. The second-order valence-electron chi connectivity index (χ2n) is 4.58. The summed E-state index contributed by atoms with van der Waals surface area (Å²) in [7, 11) is 1.37. The monoisotopic (exact) mass is 244 g/mol. The number of carbonyl (C=O) groups excluding carboxylic acids is 2. The van der Waals surface area contributed by atoms with Gasteiger partial charge in [0, 0.05) is 26.1 Å². The molecule has 1 atom stereocenters. The van der Waals surface area contributed by atoms with Crippen molar-refractivity contribution in [1.82, 2.24) is 10.6 Å². The Kier molecular flexibility index (Phi) is 8.40. The maximum atomic E-state index is 11.3. The minimum atomic E-state index is -0.234. The van der Waals surface area contributed by atoms with E-state index in [1.165, 1.54) is 7.11 Å². The molecule has 5 nitrogen and oxygen atoms in total. The quantitative estimate of drug-likeness (QED) is 0.483. The molecule has 0 fully saturated rings. The van der Waals surface area contributed by atoms with Crippen molar-refractivity contribution in [2.75, 3.05) is 26.7 Å². The van der Waals surface area contributed by atoms with Gasteiger partial charge < -0.3 is 15.4 Å². The maximum Gasteiger partial charge on any atom is 0.309 e. The van der Waals surface area contributed by atoms with Gasteiger partial charge in [0.2, 0.25) is 5.91 Å². The molecular weight excluding hydrogens is 220 g/mol. The molecule has 0 rings (SSSR count). The van der Waals surface area contributed by atoms with Crippen LogP contribution in [0.1, 0.15) is 27.2 Å². The topological polar surface area (TPSA) is 67.4 Å². The van der Waals surface area contributed by atoms with E-state index in [-0.39, 0.29) is 17.8 Å². The second kappa shape index (κ2) is 8.98. The van der Waals surface area contributed by atoms with Crippen molar-refractivity contribution in [2.24, 2.45) is 11.8 Å². The Morgan fingerprint density at radius 1 is 1.18 bits per heavy atom. The molecule has 0 saturated carbocycles. The second-order valence-corrected chi connectivity index (χ2v) is 4.58. The number of hydrogen-bond donors (Lipinski definition) is 2. The average molecular weight is 244 g/mol. The van der Waals surface area contributed by atoms with Crippen molar-refractivity contribution in [1.29, 1.82) is 0 Å². The normalized spacial score (nSPS) is 12.3. The van der Waals surface area contributed by atoms with Crippen molar-refractivity contribution in [3.63, 3.8) is 0 Å². The summed E-state index contributed by atoms with van der Waals surface area (Å²) >= 11 is 0. The summed E-state index contributed by atoms with van der Waals surface area (Å²) in [5.41, 5.74) is 0. The Bertz CT molecular complexity index is 242. The van der Waals surface area contributed by atoms with E-state index in [1.807, 2.05) is 0 Å². The zero-order valence-corrected chi connectivity index (χ0v) is 11.2. The highest BCUT2D eigenvalue weighted by Crippen LogP contribution is 1.95. The number of nitrogens with one attached hydrogen (secondary N) is 2. The van der Waals surface area contributed by atoms with Gasteiger partial charge in [-0.15, -0.1) is 0 Å². The molecule has 0 bridgehead atoms. The molecular formula is C12H24N2O3. The van der Waals surface area contributed by atoms with Crippen LogP contribution in [0.5, 0.6) is 0 Å². The number of amides is 1. The molecule has 100 valence electrons. The third-order valence-electron chi connectivity index (χ3n) is 2.29. The van der Waals surface area contributed by atoms with E-state index >= 15 is 0 Å². The molecule has 1 amide bonds. The summed E-state index contributed by atoms with van der Waals surface area (Å²) in [4.78, 5) is 22.4. The first-order valence-corrected chi connectivity index (χ1v) is 6.02. The van der Waals surface area contributed by atoms with Crippen LogP contribution < -0.4 is 10.6 Å². The Balaban J connectivity index is 3.51. The zero-order chi connectivity index (χ0) is 13.3. The van der Waals surface area contributed by atoms with Gasteiger partial charge in [0.15, 0.2) is 0 Å². The van der Waals surface area contributed by atoms with E-state index < -0.39 is 0 Å². The van der Waals surface area contributed by atoms with E-state index in [2.05, 4.69) is 29.2 Å². The molecule has 0 aromatic heterocycles. The van der Waals surface area contributed by atoms with Crippen LogP contribution in [0.25, 0.3) is 0 Å². The van der Waals surface area contributed by atoms with Crippen LogP contribution in [0.2, 0.25) is 0 Å². The number of carbonyl (C=O) groups is 2. The lowest BCUT2D eigenvalue weighted by Gasteiger charge is -2.11.